The molecule has 0 aromatic rings. The van der Waals surface area contributed by atoms with E-state index in [1.807, 2.05) is 0 Å². The molecule has 72 valence electrons. The lowest BCUT2D eigenvalue weighted by molar-refractivity contribution is -0.131. The molecule has 0 bridgehead atoms. The Kier molecular flexibility index (Phi) is 3.56. The largest absolute Gasteiger partial charge is 0.341 e. The SMILES string of the molecule is C[C@H](Cl)C(=O)N1CCC(C#N)CC1. The molecule has 1 aliphatic heterocycles. The van der Waals surface area contributed by atoms with Gasteiger partial charge in [-0.05, 0) is 19.8 Å². The summed E-state index contributed by atoms with van der Waals surface area (Å²) in [7, 11) is 0. The predicted molar refractivity (Wildman–Crippen MR) is 50.2 cm³/mol. The number of piperidine rings is 1. The lowest BCUT2D eigenvalue weighted by Gasteiger charge is -2.29. The number of hydrogen-bond acceptors (Lipinski definition) is 2. The van der Waals surface area contributed by atoms with Gasteiger partial charge < -0.3 is 4.90 Å². The van der Waals surface area contributed by atoms with E-state index in [1.165, 1.54) is 0 Å². The van der Waals surface area contributed by atoms with E-state index in [1.54, 1.807) is 11.8 Å². The number of nitriles is 1. The van der Waals surface area contributed by atoms with E-state index in [-0.39, 0.29) is 11.8 Å². The van der Waals surface area contributed by atoms with Crippen molar-refractivity contribution in [2.75, 3.05) is 13.1 Å². The number of rotatable bonds is 1. The van der Waals surface area contributed by atoms with Gasteiger partial charge in [-0.3, -0.25) is 4.79 Å². The van der Waals surface area contributed by atoms with Crippen LogP contribution in [0.1, 0.15) is 19.8 Å². The molecule has 13 heavy (non-hydrogen) atoms. The van der Waals surface area contributed by atoms with Crippen LogP contribution in [0.15, 0.2) is 0 Å². The Hall–Kier alpha value is -0.750. The van der Waals surface area contributed by atoms with Gasteiger partial charge in [0.05, 0.1) is 6.07 Å². The molecule has 1 rings (SSSR count). The highest BCUT2D eigenvalue weighted by Gasteiger charge is 2.24. The summed E-state index contributed by atoms with van der Waals surface area (Å²) in [5.74, 6) is 0.104. The minimum atomic E-state index is -0.446. The van der Waals surface area contributed by atoms with Gasteiger partial charge >= 0.3 is 0 Å². The van der Waals surface area contributed by atoms with Gasteiger partial charge in [0.15, 0.2) is 0 Å². The molecule has 0 N–H and O–H groups in total. The van der Waals surface area contributed by atoms with Gasteiger partial charge in [-0.2, -0.15) is 5.26 Å². The van der Waals surface area contributed by atoms with Gasteiger partial charge in [-0.25, -0.2) is 0 Å². The van der Waals surface area contributed by atoms with E-state index in [9.17, 15) is 4.79 Å². The van der Waals surface area contributed by atoms with E-state index in [0.29, 0.717) is 13.1 Å². The lowest BCUT2D eigenvalue weighted by atomic mass is 9.98. The Bertz CT molecular complexity index is 226. The second-order valence-electron chi connectivity index (χ2n) is 3.34. The number of carbonyl (C=O) groups excluding carboxylic acids is 1. The molecule has 1 fully saturated rings. The molecule has 0 aromatic heterocycles. The van der Waals surface area contributed by atoms with Crippen molar-refractivity contribution in [3.05, 3.63) is 0 Å². The van der Waals surface area contributed by atoms with Crippen molar-refractivity contribution in [2.24, 2.45) is 5.92 Å². The van der Waals surface area contributed by atoms with Crippen molar-refractivity contribution >= 4 is 17.5 Å². The van der Waals surface area contributed by atoms with Crippen molar-refractivity contribution < 1.29 is 4.79 Å². The molecule has 1 aliphatic rings. The van der Waals surface area contributed by atoms with Crippen LogP contribution in [0.4, 0.5) is 0 Å². The number of amides is 1. The molecule has 0 radical (unpaired) electrons. The third-order valence-corrected chi connectivity index (χ3v) is 2.52. The normalized spacial score (nSPS) is 20.8. The molecule has 0 aromatic carbocycles. The number of carbonyl (C=O) groups is 1. The van der Waals surface area contributed by atoms with Gasteiger partial charge in [-0.15, -0.1) is 11.6 Å². The van der Waals surface area contributed by atoms with Crippen LogP contribution in [-0.4, -0.2) is 29.3 Å². The third kappa shape index (κ3) is 2.60. The Morgan fingerprint density at radius 3 is 2.54 bits per heavy atom. The molecule has 4 heteroatoms. The molecule has 1 atom stereocenters. The van der Waals surface area contributed by atoms with E-state index in [2.05, 4.69) is 6.07 Å². The van der Waals surface area contributed by atoms with E-state index >= 15 is 0 Å². The number of halogens is 1. The van der Waals surface area contributed by atoms with Gasteiger partial charge in [0.1, 0.15) is 5.38 Å². The zero-order chi connectivity index (χ0) is 9.84. The molecule has 0 spiro atoms. The fraction of sp³-hybridized carbons (Fsp3) is 0.778. The van der Waals surface area contributed by atoms with Crippen LogP contribution in [0, 0.1) is 17.2 Å². The monoisotopic (exact) mass is 200 g/mol. The standard InChI is InChI=1S/C9H13ClN2O/c1-7(10)9(13)12-4-2-8(6-11)3-5-12/h7-8H,2-5H2,1H3/t7-/m0/s1. The summed E-state index contributed by atoms with van der Waals surface area (Å²) in [5.41, 5.74) is 0. The Morgan fingerprint density at radius 2 is 2.15 bits per heavy atom. The van der Waals surface area contributed by atoms with Crippen LogP contribution in [0.3, 0.4) is 0 Å². The molecule has 1 amide bonds. The number of alkyl halides is 1. The summed E-state index contributed by atoms with van der Waals surface area (Å²) in [6.07, 6.45) is 1.57. The average Bonchev–Trinajstić information content (AvgIpc) is 2.17. The lowest BCUT2D eigenvalue weighted by Crippen LogP contribution is -2.41. The first-order chi connectivity index (χ1) is 6.15. The van der Waals surface area contributed by atoms with Crippen LogP contribution in [0.2, 0.25) is 0 Å². The van der Waals surface area contributed by atoms with Crippen LogP contribution in [0.25, 0.3) is 0 Å². The van der Waals surface area contributed by atoms with Gasteiger partial charge in [0, 0.05) is 19.0 Å². The number of hydrogen-bond donors (Lipinski definition) is 0. The van der Waals surface area contributed by atoms with Gasteiger partial charge in [0.25, 0.3) is 0 Å². The zero-order valence-electron chi connectivity index (χ0n) is 7.66. The maximum absolute atomic E-state index is 11.4. The van der Waals surface area contributed by atoms with Crippen LogP contribution in [-0.2, 0) is 4.79 Å². The molecule has 1 saturated heterocycles. The molecule has 0 aliphatic carbocycles. The topological polar surface area (TPSA) is 44.1 Å². The van der Waals surface area contributed by atoms with Gasteiger partial charge in [0.2, 0.25) is 5.91 Å². The summed E-state index contributed by atoms with van der Waals surface area (Å²) in [4.78, 5) is 13.1. The first-order valence-electron chi connectivity index (χ1n) is 4.47. The van der Waals surface area contributed by atoms with Crippen LogP contribution < -0.4 is 0 Å². The first-order valence-corrected chi connectivity index (χ1v) is 4.91. The minimum absolute atomic E-state index is 0.0157. The average molecular weight is 201 g/mol. The van der Waals surface area contributed by atoms with Crippen molar-refractivity contribution in [2.45, 2.75) is 25.1 Å². The van der Waals surface area contributed by atoms with Crippen LogP contribution >= 0.6 is 11.6 Å². The highest BCUT2D eigenvalue weighted by molar-refractivity contribution is 6.30. The minimum Gasteiger partial charge on any atom is -0.341 e. The quantitative estimate of drug-likeness (QED) is 0.601. The van der Waals surface area contributed by atoms with Crippen molar-refractivity contribution in [1.82, 2.24) is 4.90 Å². The van der Waals surface area contributed by atoms with Crippen molar-refractivity contribution in [3.63, 3.8) is 0 Å². The molecular formula is C9H13ClN2O. The second-order valence-corrected chi connectivity index (χ2v) is 4.00. The maximum atomic E-state index is 11.4. The summed E-state index contributed by atoms with van der Waals surface area (Å²) >= 11 is 5.68. The molecule has 0 saturated carbocycles. The molecular weight excluding hydrogens is 188 g/mol. The number of likely N-dealkylation sites (tertiary alicyclic amines) is 1. The summed E-state index contributed by atoms with van der Waals surface area (Å²) in [6, 6.07) is 2.22. The fourth-order valence-corrected chi connectivity index (χ4v) is 1.62. The smallest absolute Gasteiger partial charge is 0.240 e. The highest BCUT2D eigenvalue weighted by Crippen LogP contribution is 2.17. The predicted octanol–water partition coefficient (Wildman–Crippen LogP) is 1.38. The van der Waals surface area contributed by atoms with Crippen LogP contribution in [0.5, 0.6) is 0 Å². The molecule has 3 nitrogen and oxygen atoms in total. The first kappa shape index (κ1) is 10.3. The third-order valence-electron chi connectivity index (χ3n) is 2.33. The fourth-order valence-electron chi connectivity index (χ4n) is 1.48. The van der Waals surface area contributed by atoms with E-state index in [4.69, 9.17) is 16.9 Å². The van der Waals surface area contributed by atoms with Crippen molar-refractivity contribution in [1.29, 1.82) is 5.26 Å². The van der Waals surface area contributed by atoms with Crippen molar-refractivity contribution in [3.8, 4) is 6.07 Å². The highest BCUT2D eigenvalue weighted by atomic mass is 35.5. The Labute approximate surface area is 83.3 Å². The molecule has 1 heterocycles. The maximum Gasteiger partial charge on any atom is 0.240 e. The zero-order valence-corrected chi connectivity index (χ0v) is 8.42. The van der Waals surface area contributed by atoms with Gasteiger partial charge in [-0.1, -0.05) is 0 Å². The van der Waals surface area contributed by atoms with E-state index < -0.39 is 5.38 Å². The summed E-state index contributed by atoms with van der Waals surface area (Å²) in [5, 5.41) is 8.20. The van der Waals surface area contributed by atoms with E-state index in [0.717, 1.165) is 12.8 Å². The number of nitrogens with zero attached hydrogens (tertiary/aromatic N) is 2. The molecule has 0 unspecified atom stereocenters. The summed E-state index contributed by atoms with van der Waals surface area (Å²) in [6.45, 7) is 3.03. The Morgan fingerprint density at radius 1 is 1.62 bits per heavy atom. The Balaban J connectivity index is 2.42. The second kappa shape index (κ2) is 4.48. The summed E-state index contributed by atoms with van der Waals surface area (Å²) < 4.78 is 0.